The standard InChI is InChI=1S/C17H19Br2N3O4S/c18-13-3-5-14(6-4-13)27(23,24)26-9-1-8-25-16-7-2-12(10-15(16)19)11-22-17(20)21/h2-7,10H,1,8-9,11H2,(H4,20,21,22). The fraction of sp³-hybridized carbons (Fsp3) is 0.235. The third-order valence-electron chi connectivity index (χ3n) is 3.37. The van der Waals surface area contributed by atoms with Crippen molar-refractivity contribution in [2.24, 2.45) is 5.73 Å². The molecule has 0 heterocycles. The van der Waals surface area contributed by atoms with Crippen LogP contribution in [0.2, 0.25) is 0 Å². The molecule has 0 atom stereocenters. The minimum absolute atomic E-state index is 0.0244. The Bertz CT molecular complexity index is 890. The molecule has 0 aromatic heterocycles. The van der Waals surface area contributed by atoms with Crippen molar-refractivity contribution < 1.29 is 17.3 Å². The van der Waals surface area contributed by atoms with Crippen molar-refractivity contribution in [3.8, 4) is 5.75 Å². The van der Waals surface area contributed by atoms with E-state index in [9.17, 15) is 8.42 Å². The van der Waals surface area contributed by atoms with Crippen LogP contribution in [0.15, 0.2) is 56.3 Å². The summed E-state index contributed by atoms with van der Waals surface area (Å²) in [6.45, 7) is 0.770. The monoisotopic (exact) mass is 519 g/mol. The summed E-state index contributed by atoms with van der Waals surface area (Å²) in [6, 6.07) is 11.8. The number of ether oxygens (including phenoxy) is 1. The zero-order valence-corrected chi connectivity index (χ0v) is 18.2. The van der Waals surface area contributed by atoms with Crippen LogP contribution < -0.4 is 15.8 Å². The second kappa shape index (κ2) is 10.1. The van der Waals surface area contributed by atoms with Crippen molar-refractivity contribution in [3.05, 3.63) is 57.0 Å². The second-order valence-corrected chi connectivity index (χ2v) is 8.85. The van der Waals surface area contributed by atoms with Gasteiger partial charge in [-0.1, -0.05) is 22.0 Å². The van der Waals surface area contributed by atoms with Crippen LogP contribution in [0, 0.1) is 5.41 Å². The molecular formula is C17H19Br2N3O4S. The number of hydrogen-bond donors (Lipinski definition) is 3. The van der Waals surface area contributed by atoms with Gasteiger partial charge < -0.3 is 15.8 Å². The number of nitrogens with two attached hydrogens (primary N) is 1. The van der Waals surface area contributed by atoms with Crippen LogP contribution in [0.5, 0.6) is 5.75 Å². The maximum absolute atomic E-state index is 12.1. The van der Waals surface area contributed by atoms with Crippen LogP contribution in [0.4, 0.5) is 0 Å². The van der Waals surface area contributed by atoms with Crippen LogP contribution in [0.25, 0.3) is 0 Å². The van der Waals surface area contributed by atoms with Gasteiger partial charge >= 0.3 is 0 Å². The van der Waals surface area contributed by atoms with E-state index in [1.807, 2.05) is 12.1 Å². The van der Waals surface area contributed by atoms with Gasteiger partial charge in [0.05, 0.1) is 22.6 Å². The Labute approximate surface area is 175 Å². The van der Waals surface area contributed by atoms with Crippen LogP contribution in [-0.2, 0) is 20.8 Å². The average molecular weight is 521 g/mol. The van der Waals surface area contributed by atoms with Gasteiger partial charge in [0.25, 0.3) is 10.1 Å². The maximum Gasteiger partial charge on any atom is 0.296 e. The number of rotatable bonds is 9. The first-order valence-corrected chi connectivity index (χ1v) is 10.9. The van der Waals surface area contributed by atoms with Crippen molar-refractivity contribution in [2.45, 2.75) is 17.9 Å². The van der Waals surface area contributed by atoms with Crippen LogP contribution in [-0.4, -0.2) is 27.6 Å². The molecule has 0 radical (unpaired) electrons. The molecular weight excluding hydrogens is 502 g/mol. The molecule has 27 heavy (non-hydrogen) atoms. The number of halogens is 2. The van der Waals surface area contributed by atoms with E-state index in [-0.39, 0.29) is 17.5 Å². The highest BCUT2D eigenvalue weighted by Gasteiger charge is 2.14. The molecule has 2 aromatic carbocycles. The van der Waals surface area contributed by atoms with Gasteiger partial charge in [-0.3, -0.25) is 9.59 Å². The summed E-state index contributed by atoms with van der Waals surface area (Å²) < 4.78 is 36.3. The third-order valence-corrected chi connectivity index (χ3v) is 5.84. The summed E-state index contributed by atoms with van der Waals surface area (Å²) in [5.41, 5.74) is 6.19. The molecule has 0 spiro atoms. The molecule has 0 unspecified atom stereocenters. The van der Waals surface area contributed by atoms with Gasteiger partial charge in [0.15, 0.2) is 5.96 Å². The van der Waals surface area contributed by atoms with Gasteiger partial charge in [-0.05, 0) is 57.9 Å². The summed E-state index contributed by atoms with van der Waals surface area (Å²) in [4.78, 5) is 0.115. The Balaban J connectivity index is 1.78. The van der Waals surface area contributed by atoms with Gasteiger partial charge in [0.2, 0.25) is 0 Å². The highest BCUT2D eigenvalue weighted by Crippen LogP contribution is 2.26. The smallest absolute Gasteiger partial charge is 0.296 e. The van der Waals surface area contributed by atoms with Crippen molar-refractivity contribution in [1.82, 2.24) is 5.32 Å². The quantitative estimate of drug-likeness (QED) is 0.202. The molecule has 2 rings (SSSR count). The molecule has 0 fully saturated rings. The van der Waals surface area contributed by atoms with E-state index in [1.165, 1.54) is 12.1 Å². The van der Waals surface area contributed by atoms with E-state index in [1.54, 1.807) is 18.2 Å². The largest absolute Gasteiger partial charge is 0.492 e. The summed E-state index contributed by atoms with van der Waals surface area (Å²) in [7, 11) is -3.77. The lowest BCUT2D eigenvalue weighted by atomic mass is 10.2. The second-order valence-electron chi connectivity index (χ2n) is 5.46. The highest BCUT2D eigenvalue weighted by molar-refractivity contribution is 9.10. The normalized spacial score (nSPS) is 11.2. The maximum atomic E-state index is 12.1. The van der Waals surface area contributed by atoms with Gasteiger partial charge in [-0.25, -0.2) is 0 Å². The topological polar surface area (TPSA) is 114 Å². The van der Waals surface area contributed by atoms with Crippen molar-refractivity contribution in [1.29, 1.82) is 5.41 Å². The Morgan fingerprint density at radius 1 is 1.11 bits per heavy atom. The molecule has 0 aliphatic rings. The molecule has 0 aliphatic carbocycles. The van der Waals surface area contributed by atoms with E-state index in [2.05, 4.69) is 37.2 Å². The fourth-order valence-corrected chi connectivity index (χ4v) is 3.80. The van der Waals surface area contributed by atoms with E-state index in [4.69, 9.17) is 20.1 Å². The van der Waals surface area contributed by atoms with Gasteiger partial charge in [0.1, 0.15) is 5.75 Å². The predicted molar refractivity (Wildman–Crippen MR) is 110 cm³/mol. The summed E-state index contributed by atoms with van der Waals surface area (Å²) >= 11 is 6.68. The fourth-order valence-electron chi connectivity index (χ4n) is 2.05. The Morgan fingerprint density at radius 3 is 2.44 bits per heavy atom. The van der Waals surface area contributed by atoms with Crippen molar-refractivity contribution in [3.63, 3.8) is 0 Å². The summed E-state index contributed by atoms with van der Waals surface area (Å²) in [6.07, 6.45) is 0.413. The first-order chi connectivity index (χ1) is 12.8. The molecule has 0 bridgehead atoms. The van der Waals surface area contributed by atoms with Crippen LogP contribution in [0.3, 0.4) is 0 Å². The van der Waals surface area contributed by atoms with Gasteiger partial charge in [-0.15, -0.1) is 0 Å². The molecule has 0 saturated carbocycles. The lowest BCUT2D eigenvalue weighted by molar-refractivity contribution is 0.250. The average Bonchev–Trinajstić information content (AvgIpc) is 2.61. The number of nitrogens with one attached hydrogen (secondary N) is 2. The van der Waals surface area contributed by atoms with E-state index in [0.717, 1.165) is 14.5 Å². The zero-order valence-electron chi connectivity index (χ0n) is 14.2. The van der Waals surface area contributed by atoms with Gasteiger partial charge in [0, 0.05) is 17.4 Å². The van der Waals surface area contributed by atoms with E-state index in [0.29, 0.717) is 25.3 Å². The summed E-state index contributed by atoms with van der Waals surface area (Å²) in [5.74, 6) is 0.543. The van der Waals surface area contributed by atoms with Crippen molar-refractivity contribution in [2.75, 3.05) is 13.2 Å². The minimum atomic E-state index is -3.77. The molecule has 2 aromatic rings. The lowest BCUT2D eigenvalue weighted by Gasteiger charge is -2.11. The number of benzene rings is 2. The van der Waals surface area contributed by atoms with Gasteiger partial charge in [-0.2, -0.15) is 8.42 Å². The van der Waals surface area contributed by atoms with E-state index < -0.39 is 10.1 Å². The van der Waals surface area contributed by atoms with Crippen molar-refractivity contribution >= 4 is 47.9 Å². The predicted octanol–water partition coefficient (Wildman–Crippen LogP) is 3.37. The number of guanidine groups is 1. The molecule has 146 valence electrons. The molecule has 7 nitrogen and oxygen atoms in total. The third kappa shape index (κ3) is 7.13. The first-order valence-electron chi connectivity index (χ1n) is 7.92. The Morgan fingerprint density at radius 2 is 1.81 bits per heavy atom. The molecule has 10 heteroatoms. The highest BCUT2D eigenvalue weighted by atomic mass is 79.9. The number of hydrogen-bond acceptors (Lipinski definition) is 5. The Hall–Kier alpha value is -1.62. The summed E-state index contributed by atoms with van der Waals surface area (Å²) in [5, 5.41) is 9.87. The van der Waals surface area contributed by atoms with E-state index >= 15 is 0 Å². The lowest BCUT2D eigenvalue weighted by Crippen LogP contribution is -2.29. The molecule has 0 amide bonds. The SMILES string of the molecule is N=C(N)NCc1ccc(OCCCOS(=O)(=O)c2ccc(Br)cc2)c(Br)c1. The minimum Gasteiger partial charge on any atom is -0.492 e. The van der Waals surface area contributed by atoms with Crippen LogP contribution in [0.1, 0.15) is 12.0 Å². The first kappa shape index (κ1) is 21.7. The zero-order chi connectivity index (χ0) is 19.9. The van der Waals surface area contributed by atoms with Crippen LogP contribution >= 0.6 is 31.9 Å². The molecule has 0 aliphatic heterocycles. The molecule has 4 N–H and O–H groups in total. The Kier molecular flexibility index (Phi) is 8.08. The molecule has 0 saturated heterocycles.